The predicted molar refractivity (Wildman–Crippen MR) is 144 cm³/mol. The van der Waals surface area contributed by atoms with E-state index in [0.717, 1.165) is 42.2 Å². The number of carbonyl (C=O) groups excluding carboxylic acids is 1. The van der Waals surface area contributed by atoms with Crippen molar-refractivity contribution in [2.75, 3.05) is 51.8 Å². The Hall–Kier alpha value is -4.04. The maximum absolute atomic E-state index is 13.7. The van der Waals surface area contributed by atoms with Crippen molar-refractivity contribution in [3.8, 4) is 5.75 Å². The Kier molecular flexibility index (Phi) is 8.99. The average Bonchev–Trinajstić information content (AvgIpc) is 3.46. The van der Waals surface area contributed by atoms with Gasteiger partial charge >= 0.3 is 0 Å². The second-order valence-corrected chi connectivity index (χ2v) is 8.90. The lowest BCUT2D eigenvalue weighted by Crippen LogP contribution is -2.46. The zero-order chi connectivity index (χ0) is 26.0. The Morgan fingerprint density at radius 1 is 1.03 bits per heavy atom. The quantitative estimate of drug-likeness (QED) is 0.241. The number of ether oxygens (including phenoxy) is 2. The fourth-order valence-corrected chi connectivity index (χ4v) is 4.32. The lowest BCUT2D eigenvalue weighted by Gasteiger charge is -2.37. The molecule has 1 aromatic heterocycles. The standard InChI is InChI=1S/C29H34N4O4/c1-31(25-6-4-3-5-7-25)29(34)28(37-19-13-23-8-10-26(35-2)11-9-23)27(20-30)33-16-14-32(15-17-33)21-24-12-18-36-22-24/h3-12,18,20,22,30H,13-17,19,21H2,1-2H3/b28-27-,30-20?. The number of para-hydroxylation sites is 1. The molecule has 0 saturated carbocycles. The van der Waals surface area contributed by atoms with Crippen LogP contribution < -0.4 is 9.64 Å². The number of nitrogens with zero attached hydrogens (tertiary/aromatic N) is 3. The monoisotopic (exact) mass is 502 g/mol. The summed E-state index contributed by atoms with van der Waals surface area (Å²) >= 11 is 0. The van der Waals surface area contributed by atoms with Crippen LogP contribution in [-0.2, 0) is 22.5 Å². The Morgan fingerprint density at radius 3 is 2.38 bits per heavy atom. The number of benzene rings is 2. The van der Waals surface area contributed by atoms with Crippen molar-refractivity contribution in [1.29, 1.82) is 5.41 Å². The molecule has 1 amide bonds. The lowest BCUT2D eigenvalue weighted by molar-refractivity contribution is -0.118. The molecule has 1 saturated heterocycles. The van der Waals surface area contributed by atoms with Gasteiger partial charge in [-0.1, -0.05) is 30.3 Å². The van der Waals surface area contributed by atoms with E-state index in [-0.39, 0.29) is 11.7 Å². The Labute approximate surface area is 218 Å². The summed E-state index contributed by atoms with van der Waals surface area (Å²) in [4.78, 5) is 19.6. The third-order valence-electron chi connectivity index (χ3n) is 6.51. The SMILES string of the molecule is COc1ccc(CCO/C(C(=O)N(C)c2ccccc2)=C(/C=N)N2CCN(Cc3ccoc3)CC2)cc1. The number of likely N-dealkylation sites (N-methyl/N-ethyl adjacent to an activating group) is 1. The number of hydrogen-bond acceptors (Lipinski definition) is 7. The van der Waals surface area contributed by atoms with Crippen molar-refractivity contribution < 1.29 is 18.7 Å². The number of rotatable bonds is 11. The van der Waals surface area contributed by atoms with Crippen molar-refractivity contribution in [3.05, 3.63) is 95.8 Å². The zero-order valence-corrected chi connectivity index (χ0v) is 21.4. The first-order valence-corrected chi connectivity index (χ1v) is 12.4. The number of piperazine rings is 1. The molecular weight excluding hydrogens is 468 g/mol. The van der Waals surface area contributed by atoms with Crippen molar-refractivity contribution in [1.82, 2.24) is 9.80 Å². The molecule has 0 aliphatic carbocycles. The fraction of sp³-hybridized carbons (Fsp3) is 0.310. The van der Waals surface area contributed by atoms with E-state index in [9.17, 15) is 4.79 Å². The van der Waals surface area contributed by atoms with Crippen LogP contribution in [0.25, 0.3) is 0 Å². The number of anilines is 1. The van der Waals surface area contributed by atoms with Crippen LogP contribution in [0, 0.1) is 5.41 Å². The summed E-state index contributed by atoms with van der Waals surface area (Å²) in [6, 6.07) is 19.2. The third kappa shape index (κ3) is 6.80. The van der Waals surface area contributed by atoms with Crippen LogP contribution in [0.5, 0.6) is 5.75 Å². The fourth-order valence-electron chi connectivity index (χ4n) is 4.32. The summed E-state index contributed by atoms with van der Waals surface area (Å²) in [6.07, 6.45) is 5.32. The summed E-state index contributed by atoms with van der Waals surface area (Å²) in [7, 11) is 3.37. The predicted octanol–water partition coefficient (Wildman–Crippen LogP) is 4.19. The van der Waals surface area contributed by atoms with E-state index in [4.69, 9.17) is 19.3 Å². The molecule has 2 aromatic carbocycles. The van der Waals surface area contributed by atoms with E-state index in [1.165, 1.54) is 6.21 Å². The third-order valence-corrected chi connectivity index (χ3v) is 6.51. The molecule has 0 atom stereocenters. The highest BCUT2D eigenvalue weighted by Crippen LogP contribution is 2.21. The summed E-state index contributed by atoms with van der Waals surface area (Å²) in [6.45, 7) is 4.13. The van der Waals surface area contributed by atoms with Gasteiger partial charge in [0.25, 0.3) is 5.91 Å². The molecule has 3 aromatic rings. The molecule has 194 valence electrons. The Morgan fingerprint density at radius 2 is 1.76 bits per heavy atom. The topological polar surface area (TPSA) is 82.2 Å². The van der Waals surface area contributed by atoms with Crippen LogP contribution in [0.15, 0.2) is 89.1 Å². The van der Waals surface area contributed by atoms with E-state index in [1.54, 1.807) is 31.6 Å². The molecule has 8 nitrogen and oxygen atoms in total. The van der Waals surface area contributed by atoms with Crippen LogP contribution in [0.4, 0.5) is 5.69 Å². The van der Waals surface area contributed by atoms with Gasteiger partial charge < -0.3 is 29.1 Å². The number of carbonyl (C=O) groups is 1. The van der Waals surface area contributed by atoms with Crippen molar-refractivity contribution in [2.45, 2.75) is 13.0 Å². The van der Waals surface area contributed by atoms with Crippen LogP contribution in [-0.4, -0.2) is 68.9 Å². The Balaban J connectivity index is 1.50. The summed E-state index contributed by atoms with van der Waals surface area (Å²) in [5.74, 6) is 0.710. The largest absolute Gasteiger partial charge is 0.497 e. The van der Waals surface area contributed by atoms with Crippen LogP contribution >= 0.6 is 0 Å². The molecule has 2 heterocycles. The van der Waals surface area contributed by atoms with Crippen LogP contribution in [0.2, 0.25) is 0 Å². The van der Waals surface area contributed by atoms with Gasteiger partial charge in [-0.05, 0) is 35.9 Å². The first-order chi connectivity index (χ1) is 18.1. The molecule has 1 aliphatic heterocycles. The molecule has 37 heavy (non-hydrogen) atoms. The number of furan rings is 1. The minimum absolute atomic E-state index is 0.193. The van der Waals surface area contributed by atoms with Crippen molar-refractivity contribution in [3.63, 3.8) is 0 Å². The van der Waals surface area contributed by atoms with Crippen LogP contribution in [0.3, 0.4) is 0 Å². The molecule has 8 heteroatoms. The van der Waals surface area contributed by atoms with Gasteiger partial charge in [-0.25, -0.2) is 0 Å². The van der Waals surface area contributed by atoms with Gasteiger partial charge in [0.15, 0.2) is 0 Å². The molecule has 0 spiro atoms. The molecule has 1 aliphatic rings. The van der Waals surface area contributed by atoms with Crippen molar-refractivity contribution in [2.24, 2.45) is 0 Å². The maximum atomic E-state index is 13.7. The van der Waals surface area contributed by atoms with Crippen LogP contribution in [0.1, 0.15) is 11.1 Å². The highest BCUT2D eigenvalue weighted by Gasteiger charge is 2.27. The van der Waals surface area contributed by atoms with Gasteiger partial charge in [0.1, 0.15) is 11.4 Å². The van der Waals surface area contributed by atoms with Gasteiger partial charge in [-0.3, -0.25) is 9.69 Å². The summed E-state index contributed by atoms with van der Waals surface area (Å²) < 4.78 is 16.6. The minimum atomic E-state index is -0.278. The van der Waals surface area contributed by atoms with Gasteiger partial charge in [0.2, 0.25) is 5.76 Å². The lowest BCUT2D eigenvalue weighted by atomic mass is 10.1. The number of methoxy groups -OCH3 is 1. The van der Waals surface area contributed by atoms with Gasteiger partial charge in [0.05, 0.1) is 26.2 Å². The molecule has 4 rings (SSSR count). The average molecular weight is 503 g/mol. The highest BCUT2D eigenvalue weighted by atomic mass is 16.5. The zero-order valence-electron chi connectivity index (χ0n) is 21.4. The molecule has 1 fully saturated rings. The molecule has 0 bridgehead atoms. The number of amides is 1. The first-order valence-electron chi connectivity index (χ1n) is 12.4. The second kappa shape index (κ2) is 12.8. The van der Waals surface area contributed by atoms with E-state index in [1.807, 2.05) is 60.7 Å². The van der Waals surface area contributed by atoms with E-state index < -0.39 is 0 Å². The smallest absolute Gasteiger partial charge is 0.295 e. The number of nitrogens with one attached hydrogen (secondary N) is 1. The normalized spacial score (nSPS) is 14.6. The number of hydrogen-bond donors (Lipinski definition) is 1. The minimum Gasteiger partial charge on any atom is -0.497 e. The van der Waals surface area contributed by atoms with Gasteiger partial charge in [-0.15, -0.1) is 0 Å². The molecule has 0 unspecified atom stereocenters. The highest BCUT2D eigenvalue weighted by molar-refractivity contribution is 6.06. The van der Waals surface area contributed by atoms with Crippen molar-refractivity contribution >= 4 is 17.8 Å². The first kappa shape index (κ1) is 26.0. The summed E-state index contributed by atoms with van der Waals surface area (Å²) in [5.41, 5.74) is 3.48. The molecule has 0 radical (unpaired) electrons. The van der Waals surface area contributed by atoms with E-state index in [2.05, 4.69) is 9.80 Å². The summed E-state index contributed by atoms with van der Waals surface area (Å²) in [5, 5.41) is 8.20. The number of allylic oxidation sites excluding steroid dienone is 1. The van der Waals surface area contributed by atoms with Gasteiger partial charge in [-0.2, -0.15) is 0 Å². The molecular formula is C29H34N4O4. The van der Waals surface area contributed by atoms with E-state index in [0.29, 0.717) is 31.8 Å². The molecule has 1 N–H and O–H groups in total. The van der Waals surface area contributed by atoms with E-state index >= 15 is 0 Å². The van der Waals surface area contributed by atoms with Gasteiger partial charge in [0, 0.05) is 63.7 Å². The second-order valence-electron chi connectivity index (χ2n) is 8.90. The maximum Gasteiger partial charge on any atom is 0.295 e. The Bertz CT molecular complexity index is 1170.